The molecule has 1 saturated heterocycles. The van der Waals surface area contributed by atoms with Gasteiger partial charge in [0.2, 0.25) is 0 Å². The van der Waals surface area contributed by atoms with Gasteiger partial charge in [-0.25, -0.2) is 0 Å². The molecule has 0 spiro atoms. The molecule has 2 aromatic rings. The van der Waals surface area contributed by atoms with Crippen molar-refractivity contribution >= 4 is 6.01 Å². The molecule has 1 aromatic heterocycles. The van der Waals surface area contributed by atoms with Crippen LogP contribution < -0.4 is 15.0 Å². The minimum absolute atomic E-state index is 0.294. The van der Waals surface area contributed by atoms with E-state index < -0.39 is 0 Å². The molecule has 1 aromatic carbocycles. The average Bonchev–Trinajstić information content (AvgIpc) is 2.97. The number of nitrogens with zero attached hydrogens (tertiary/aromatic N) is 3. The van der Waals surface area contributed by atoms with Crippen molar-refractivity contribution in [3.8, 4) is 5.75 Å². The molecular weight excluding hydrogens is 256 g/mol. The first-order valence-electron chi connectivity index (χ1n) is 6.79. The second-order valence-electron chi connectivity index (χ2n) is 4.82. The maximum atomic E-state index is 5.62. The fourth-order valence-corrected chi connectivity index (χ4v) is 2.07. The van der Waals surface area contributed by atoms with Crippen molar-refractivity contribution in [1.29, 1.82) is 0 Å². The highest BCUT2D eigenvalue weighted by Gasteiger charge is 2.16. The van der Waals surface area contributed by atoms with Crippen LogP contribution in [0.4, 0.5) is 6.01 Å². The molecule has 0 aliphatic carbocycles. The fraction of sp³-hybridized carbons (Fsp3) is 0.429. The molecule has 0 atom stereocenters. The molecule has 20 heavy (non-hydrogen) atoms. The SMILES string of the molecule is Cc1ccc(OCc2nnc(N3CCNCC3)o2)cc1. The second kappa shape index (κ2) is 5.92. The molecule has 2 heterocycles. The number of rotatable bonds is 4. The Morgan fingerprint density at radius 1 is 1.20 bits per heavy atom. The van der Waals surface area contributed by atoms with Crippen molar-refractivity contribution < 1.29 is 9.15 Å². The van der Waals surface area contributed by atoms with E-state index >= 15 is 0 Å². The predicted molar refractivity (Wildman–Crippen MR) is 74.9 cm³/mol. The summed E-state index contributed by atoms with van der Waals surface area (Å²) in [6.07, 6.45) is 0. The number of piperazine rings is 1. The van der Waals surface area contributed by atoms with E-state index in [0.29, 0.717) is 18.5 Å². The first kappa shape index (κ1) is 12.9. The first-order valence-corrected chi connectivity index (χ1v) is 6.79. The van der Waals surface area contributed by atoms with Gasteiger partial charge in [0, 0.05) is 26.2 Å². The molecule has 6 heteroatoms. The molecule has 0 amide bonds. The zero-order chi connectivity index (χ0) is 13.8. The molecule has 1 aliphatic rings. The van der Waals surface area contributed by atoms with Crippen molar-refractivity contribution in [2.75, 3.05) is 31.1 Å². The van der Waals surface area contributed by atoms with E-state index in [0.717, 1.165) is 31.9 Å². The minimum atomic E-state index is 0.294. The van der Waals surface area contributed by atoms with E-state index in [9.17, 15) is 0 Å². The molecule has 1 N–H and O–H groups in total. The average molecular weight is 274 g/mol. The number of hydrogen-bond acceptors (Lipinski definition) is 6. The molecule has 1 fully saturated rings. The number of ether oxygens (including phenoxy) is 1. The van der Waals surface area contributed by atoms with E-state index in [1.807, 2.05) is 31.2 Å². The second-order valence-corrected chi connectivity index (χ2v) is 4.82. The van der Waals surface area contributed by atoms with Gasteiger partial charge in [0.15, 0.2) is 6.61 Å². The molecule has 0 bridgehead atoms. The standard InChI is InChI=1S/C14H18N4O2/c1-11-2-4-12(5-3-11)19-10-13-16-17-14(20-13)18-8-6-15-7-9-18/h2-5,15H,6-10H2,1H3. The van der Waals surface area contributed by atoms with Crippen LogP contribution in [0.2, 0.25) is 0 Å². The zero-order valence-corrected chi connectivity index (χ0v) is 11.5. The number of aryl methyl sites for hydroxylation is 1. The van der Waals surface area contributed by atoms with Crippen molar-refractivity contribution in [3.05, 3.63) is 35.7 Å². The van der Waals surface area contributed by atoms with E-state index in [-0.39, 0.29) is 0 Å². The third-order valence-corrected chi connectivity index (χ3v) is 3.23. The van der Waals surface area contributed by atoms with Gasteiger partial charge in [0.05, 0.1) is 0 Å². The lowest BCUT2D eigenvalue weighted by molar-refractivity contribution is 0.263. The zero-order valence-electron chi connectivity index (χ0n) is 11.5. The lowest BCUT2D eigenvalue weighted by Crippen LogP contribution is -2.43. The summed E-state index contributed by atoms with van der Waals surface area (Å²) in [5, 5.41) is 11.4. The van der Waals surface area contributed by atoms with Gasteiger partial charge in [-0.05, 0) is 19.1 Å². The molecule has 1 aliphatic heterocycles. The summed E-state index contributed by atoms with van der Waals surface area (Å²) < 4.78 is 11.2. The molecule has 6 nitrogen and oxygen atoms in total. The van der Waals surface area contributed by atoms with Gasteiger partial charge in [-0.2, -0.15) is 0 Å². The Hall–Kier alpha value is -2.08. The molecular formula is C14H18N4O2. The number of anilines is 1. The van der Waals surface area contributed by atoms with Crippen molar-refractivity contribution in [3.63, 3.8) is 0 Å². The van der Waals surface area contributed by atoms with Gasteiger partial charge >= 0.3 is 6.01 Å². The highest BCUT2D eigenvalue weighted by atomic mass is 16.5. The molecule has 3 rings (SSSR count). The van der Waals surface area contributed by atoms with Crippen LogP contribution in [-0.4, -0.2) is 36.4 Å². The lowest BCUT2D eigenvalue weighted by Gasteiger charge is -2.24. The van der Waals surface area contributed by atoms with Crippen LogP contribution in [0, 0.1) is 6.92 Å². The van der Waals surface area contributed by atoms with Crippen LogP contribution in [0.5, 0.6) is 5.75 Å². The summed E-state index contributed by atoms with van der Waals surface area (Å²) in [7, 11) is 0. The first-order chi connectivity index (χ1) is 9.81. The van der Waals surface area contributed by atoms with Crippen LogP contribution in [0.25, 0.3) is 0 Å². The van der Waals surface area contributed by atoms with Crippen LogP contribution in [-0.2, 0) is 6.61 Å². The Morgan fingerprint density at radius 3 is 2.70 bits per heavy atom. The van der Waals surface area contributed by atoms with Crippen molar-refractivity contribution in [2.45, 2.75) is 13.5 Å². The number of aromatic nitrogens is 2. The van der Waals surface area contributed by atoms with Crippen molar-refractivity contribution in [2.24, 2.45) is 0 Å². The molecule has 0 unspecified atom stereocenters. The van der Waals surface area contributed by atoms with E-state index in [2.05, 4.69) is 20.4 Å². The maximum absolute atomic E-state index is 5.62. The van der Waals surface area contributed by atoms with Gasteiger partial charge in [0.1, 0.15) is 5.75 Å². The molecule has 106 valence electrons. The van der Waals surface area contributed by atoms with Crippen LogP contribution in [0.15, 0.2) is 28.7 Å². The Balaban J connectivity index is 1.58. The third-order valence-electron chi connectivity index (χ3n) is 3.23. The highest BCUT2D eigenvalue weighted by Crippen LogP contribution is 2.16. The summed E-state index contributed by atoms with van der Waals surface area (Å²) >= 11 is 0. The maximum Gasteiger partial charge on any atom is 0.318 e. The largest absolute Gasteiger partial charge is 0.484 e. The number of benzene rings is 1. The third kappa shape index (κ3) is 3.08. The summed E-state index contributed by atoms with van der Waals surface area (Å²) in [5.74, 6) is 1.30. The minimum Gasteiger partial charge on any atom is -0.484 e. The van der Waals surface area contributed by atoms with Crippen LogP contribution in [0.1, 0.15) is 11.5 Å². The lowest BCUT2D eigenvalue weighted by atomic mass is 10.2. The summed E-state index contributed by atoms with van der Waals surface area (Å²) in [6.45, 7) is 6.00. The van der Waals surface area contributed by atoms with E-state index in [4.69, 9.17) is 9.15 Å². The quantitative estimate of drug-likeness (QED) is 0.908. The summed E-state index contributed by atoms with van der Waals surface area (Å²) in [4.78, 5) is 2.08. The van der Waals surface area contributed by atoms with Crippen LogP contribution in [0.3, 0.4) is 0 Å². The van der Waals surface area contributed by atoms with Gasteiger partial charge in [-0.15, -0.1) is 5.10 Å². The van der Waals surface area contributed by atoms with Gasteiger partial charge < -0.3 is 19.4 Å². The Labute approximate surface area is 117 Å². The monoisotopic (exact) mass is 274 g/mol. The van der Waals surface area contributed by atoms with Gasteiger partial charge in [-0.1, -0.05) is 22.8 Å². The van der Waals surface area contributed by atoms with Gasteiger partial charge in [-0.3, -0.25) is 0 Å². The fourth-order valence-electron chi connectivity index (χ4n) is 2.07. The highest BCUT2D eigenvalue weighted by molar-refractivity contribution is 5.27. The topological polar surface area (TPSA) is 63.4 Å². The predicted octanol–water partition coefficient (Wildman–Crippen LogP) is 1.37. The van der Waals surface area contributed by atoms with Gasteiger partial charge in [0.25, 0.3) is 5.89 Å². The van der Waals surface area contributed by atoms with E-state index in [1.165, 1.54) is 5.56 Å². The molecule has 0 radical (unpaired) electrons. The summed E-state index contributed by atoms with van der Waals surface area (Å²) in [6, 6.07) is 8.46. The Bertz CT molecular complexity index is 547. The normalized spacial score (nSPS) is 15.3. The summed E-state index contributed by atoms with van der Waals surface area (Å²) in [5.41, 5.74) is 1.20. The smallest absolute Gasteiger partial charge is 0.318 e. The molecule has 0 saturated carbocycles. The van der Waals surface area contributed by atoms with Crippen LogP contribution >= 0.6 is 0 Å². The van der Waals surface area contributed by atoms with E-state index in [1.54, 1.807) is 0 Å². The number of nitrogens with one attached hydrogen (secondary N) is 1. The van der Waals surface area contributed by atoms with Crippen molar-refractivity contribution in [1.82, 2.24) is 15.5 Å². The Morgan fingerprint density at radius 2 is 1.95 bits per heavy atom. The number of hydrogen-bond donors (Lipinski definition) is 1. The Kier molecular flexibility index (Phi) is 3.83.